The number of benzene rings is 1. The standard InChI is InChI=1S/C22H35N5O/c1-6-27(7-2)14-8-9-18(4)26-22(23-5)25-16-21-24-15-20(28-21)19-12-10-17(3)11-13-19/h10-13,15,18H,6-9,14,16H2,1-5H3,(H2,23,25,26). The van der Waals surface area contributed by atoms with Crippen molar-refractivity contribution >= 4 is 5.96 Å². The van der Waals surface area contributed by atoms with Gasteiger partial charge in [-0.05, 0) is 46.3 Å². The van der Waals surface area contributed by atoms with Crippen molar-refractivity contribution in [2.45, 2.75) is 53.1 Å². The number of aliphatic imine (C=N–C) groups is 1. The second kappa shape index (κ2) is 11.5. The van der Waals surface area contributed by atoms with Gasteiger partial charge in [-0.1, -0.05) is 43.7 Å². The minimum Gasteiger partial charge on any atom is -0.439 e. The van der Waals surface area contributed by atoms with E-state index in [1.807, 2.05) is 12.1 Å². The van der Waals surface area contributed by atoms with E-state index in [1.54, 1.807) is 13.2 Å². The van der Waals surface area contributed by atoms with E-state index >= 15 is 0 Å². The smallest absolute Gasteiger partial charge is 0.214 e. The number of nitrogens with one attached hydrogen (secondary N) is 2. The SMILES string of the molecule is CCN(CC)CCCC(C)NC(=NC)NCc1ncc(-c2ccc(C)cc2)o1. The fourth-order valence-electron chi connectivity index (χ4n) is 3.06. The molecule has 0 fully saturated rings. The predicted octanol–water partition coefficient (Wildman–Crippen LogP) is 3.83. The number of rotatable bonds is 10. The van der Waals surface area contributed by atoms with Gasteiger partial charge in [0, 0.05) is 18.7 Å². The molecule has 0 aliphatic carbocycles. The molecule has 1 atom stereocenters. The highest BCUT2D eigenvalue weighted by molar-refractivity contribution is 5.79. The Balaban J connectivity index is 1.78. The van der Waals surface area contributed by atoms with Gasteiger partial charge in [-0.15, -0.1) is 0 Å². The van der Waals surface area contributed by atoms with Crippen LogP contribution in [0.4, 0.5) is 0 Å². The van der Waals surface area contributed by atoms with Crippen molar-refractivity contribution < 1.29 is 4.42 Å². The lowest BCUT2D eigenvalue weighted by molar-refractivity contribution is 0.292. The van der Waals surface area contributed by atoms with Crippen LogP contribution in [0.3, 0.4) is 0 Å². The third kappa shape index (κ3) is 7.00. The molecule has 2 N–H and O–H groups in total. The van der Waals surface area contributed by atoms with E-state index in [4.69, 9.17) is 4.42 Å². The van der Waals surface area contributed by atoms with Crippen molar-refractivity contribution in [3.63, 3.8) is 0 Å². The molecule has 0 saturated carbocycles. The number of hydrogen-bond donors (Lipinski definition) is 2. The summed E-state index contributed by atoms with van der Waals surface area (Å²) in [5, 5.41) is 6.73. The Bertz CT molecular complexity index is 719. The Morgan fingerprint density at radius 3 is 2.57 bits per heavy atom. The van der Waals surface area contributed by atoms with E-state index in [1.165, 1.54) is 12.0 Å². The van der Waals surface area contributed by atoms with Gasteiger partial charge in [-0.25, -0.2) is 4.98 Å². The second-order valence-electron chi connectivity index (χ2n) is 7.12. The number of hydrogen-bond acceptors (Lipinski definition) is 4. The van der Waals surface area contributed by atoms with Crippen molar-refractivity contribution in [1.82, 2.24) is 20.5 Å². The van der Waals surface area contributed by atoms with Gasteiger partial charge in [0.25, 0.3) is 0 Å². The molecular formula is C22H35N5O. The lowest BCUT2D eigenvalue weighted by Gasteiger charge is -2.21. The van der Waals surface area contributed by atoms with Crippen LogP contribution >= 0.6 is 0 Å². The van der Waals surface area contributed by atoms with Crippen LogP contribution in [0.5, 0.6) is 0 Å². The zero-order chi connectivity index (χ0) is 20.4. The predicted molar refractivity (Wildman–Crippen MR) is 116 cm³/mol. The molecule has 0 spiro atoms. The van der Waals surface area contributed by atoms with Crippen LogP contribution in [0.25, 0.3) is 11.3 Å². The van der Waals surface area contributed by atoms with E-state index in [0.717, 1.165) is 43.3 Å². The summed E-state index contributed by atoms with van der Waals surface area (Å²) in [5.74, 6) is 2.20. The fourth-order valence-corrected chi connectivity index (χ4v) is 3.06. The molecule has 0 aliphatic heterocycles. The first-order valence-electron chi connectivity index (χ1n) is 10.3. The first-order valence-corrected chi connectivity index (χ1v) is 10.3. The summed E-state index contributed by atoms with van der Waals surface area (Å²) in [4.78, 5) is 11.1. The van der Waals surface area contributed by atoms with Crippen molar-refractivity contribution in [3.05, 3.63) is 41.9 Å². The van der Waals surface area contributed by atoms with E-state index < -0.39 is 0 Å². The zero-order valence-electron chi connectivity index (χ0n) is 18.0. The highest BCUT2D eigenvalue weighted by Crippen LogP contribution is 2.20. The maximum atomic E-state index is 5.86. The lowest BCUT2D eigenvalue weighted by atomic mass is 10.1. The van der Waals surface area contributed by atoms with Crippen molar-refractivity contribution in [1.29, 1.82) is 0 Å². The minimum absolute atomic E-state index is 0.356. The maximum absolute atomic E-state index is 5.86. The van der Waals surface area contributed by atoms with Crippen LogP contribution in [0.15, 0.2) is 39.9 Å². The summed E-state index contributed by atoms with van der Waals surface area (Å²) < 4.78 is 5.86. The lowest BCUT2D eigenvalue weighted by Crippen LogP contribution is -2.42. The number of aryl methyl sites for hydroxylation is 1. The molecule has 1 heterocycles. The summed E-state index contributed by atoms with van der Waals surface area (Å²) in [6.07, 6.45) is 4.05. The first-order chi connectivity index (χ1) is 13.5. The van der Waals surface area contributed by atoms with E-state index in [2.05, 4.69) is 65.3 Å². The largest absolute Gasteiger partial charge is 0.439 e. The third-order valence-corrected chi connectivity index (χ3v) is 4.91. The molecule has 0 radical (unpaired) electrons. The Morgan fingerprint density at radius 1 is 1.21 bits per heavy atom. The van der Waals surface area contributed by atoms with Crippen LogP contribution in [-0.2, 0) is 6.54 Å². The minimum atomic E-state index is 0.356. The molecule has 0 saturated heterocycles. The quantitative estimate of drug-likeness (QED) is 0.481. The molecule has 1 aromatic carbocycles. The summed E-state index contributed by atoms with van der Waals surface area (Å²) in [7, 11) is 1.78. The monoisotopic (exact) mass is 385 g/mol. The molecule has 2 rings (SSSR count). The van der Waals surface area contributed by atoms with Gasteiger partial charge >= 0.3 is 0 Å². The number of aromatic nitrogens is 1. The molecule has 0 aliphatic rings. The van der Waals surface area contributed by atoms with Gasteiger partial charge in [-0.2, -0.15) is 0 Å². The highest BCUT2D eigenvalue weighted by atomic mass is 16.4. The van der Waals surface area contributed by atoms with Crippen molar-refractivity contribution in [2.24, 2.45) is 4.99 Å². The normalized spacial score (nSPS) is 13.0. The van der Waals surface area contributed by atoms with E-state index in [9.17, 15) is 0 Å². The summed E-state index contributed by atoms with van der Waals surface area (Å²) >= 11 is 0. The van der Waals surface area contributed by atoms with Gasteiger partial charge < -0.3 is 20.0 Å². The van der Waals surface area contributed by atoms with Gasteiger partial charge in [0.15, 0.2) is 11.7 Å². The maximum Gasteiger partial charge on any atom is 0.214 e. The van der Waals surface area contributed by atoms with Crippen LogP contribution in [-0.4, -0.2) is 48.6 Å². The summed E-state index contributed by atoms with van der Waals surface area (Å²) in [5.41, 5.74) is 2.26. The van der Waals surface area contributed by atoms with Crippen LogP contribution in [0.1, 0.15) is 45.1 Å². The molecule has 6 heteroatoms. The van der Waals surface area contributed by atoms with Gasteiger partial charge in [-0.3, -0.25) is 4.99 Å². The van der Waals surface area contributed by atoms with Crippen LogP contribution in [0.2, 0.25) is 0 Å². The Kier molecular flexibility index (Phi) is 9.01. The average Bonchev–Trinajstić information content (AvgIpc) is 3.18. The topological polar surface area (TPSA) is 65.7 Å². The van der Waals surface area contributed by atoms with E-state index in [0.29, 0.717) is 18.5 Å². The molecule has 0 bridgehead atoms. The van der Waals surface area contributed by atoms with Gasteiger partial charge in [0.05, 0.1) is 12.7 Å². The molecule has 1 unspecified atom stereocenters. The molecule has 2 aromatic rings. The zero-order valence-corrected chi connectivity index (χ0v) is 18.0. The number of nitrogens with zero attached hydrogens (tertiary/aromatic N) is 3. The van der Waals surface area contributed by atoms with E-state index in [-0.39, 0.29) is 0 Å². The summed E-state index contributed by atoms with van der Waals surface area (Å²) in [6.45, 7) is 12.6. The van der Waals surface area contributed by atoms with Crippen molar-refractivity contribution in [2.75, 3.05) is 26.7 Å². The molecule has 1 aromatic heterocycles. The Labute approximate surface area is 169 Å². The third-order valence-electron chi connectivity index (χ3n) is 4.91. The van der Waals surface area contributed by atoms with Gasteiger partial charge in [0.2, 0.25) is 5.89 Å². The highest BCUT2D eigenvalue weighted by Gasteiger charge is 2.09. The summed E-state index contributed by atoms with van der Waals surface area (Å²) in [6, 6.07) is 8.60. The molecule has 28 heavy (non-hydrogen) atoms. The molecule has 0 amide bonds. The molecular weight excluding hydrogens is 350 g/mol. The number of oxazole rings is 1. The Morgan fingerprint density at radius 2 is 1.93 bits per heavy atom. The second-order valence-corrected chi connectivity index (χ2v) is 7.12. The van der Waals surface area contributed by atoms with Crippen LogP contribution in [0, 0.1) is 6.92 Å². The number of guanidine groups is 1. The van der Waals surface area contributed by atoms with Crippen molar-refractivity contribution in [3.8, 4) is 11.3 Å². The molecule has 6 nitrogen and oxygen atoms in total. The Hall–Kier alpha value is -2.34. The molecule has 154 valence electrons. The van der Waals surface area contributed by atoms with Gasteiger partial charge in [0.1, 0.15) is 0 Å². The first kappa shape index (κ1) is 22.0. The fraction of sp³-hybridized carbons (Fsp3) is 0.545. The average molecular weight is 386 g/mol. The van der Waals surface area contributed by atoms with Crippen LogP contribution < -0.4 is 10.6 Å².